The number of non-ortho nitro benzene ring substituents is 1. The van der Waals surface area contributed by atoms with Crippen LogP contribution in [0.25, 0.3) is 0 Å². The third-order valence-corrected chi connectivity index (χ3v) is 2.33. The Labute approximate surface area is 94.5 Å². The van der Waals surface area contributed by atoms with Crippen molar-refractivity contribution in [3.63, 3.8) is 0 Å². The number of nitro benzene ring substituents is 1. The van der Waals surface area contributed by atoms with Crippen molar-refractivity contribution in [2.24, 2.45) is 0 Å². The van der Waals surface area contributed by atoms with Gasteiger partial charge in [0.15, 0.2) is 0 Å². The Morgan fingerprint density at radius 3 is 2.69 bits per heavy atom. The monoisotopic (exact) mass is 224 g/mol. The second-order valence-electron chi connectivity index (χ2n) is 3.98. The largest absolute Gasteiger partial charge is 0.508 e. The van der Waals surface area contributed by atoms with Crippen molar-refractivity contribution in [1.82, 2.24) is 4.90 Å². The SMILES string of the molecule is CN(C)CCCc1cc([N+](=O)[O-])ccc1O. The van der Waals surface area contributed by atoms with Gasteiger partial charge in [0.1, 0.15) is 5.75 Å². The maximum atomic E-state index is 10.6. The molecule has 88 valence electrons. The Balaban J connectivity index is 2.70. The number of phenolic OH excluding ortho intramolecular Hbond substituents is 1. The van der Waals surface area contributed by atoms with Crippen molar-refractivity contribution in [2.75, 3.05) is 20.6 Å². The highest BCUT2D eigenvalue weighted by Crippen LogP contribution is 2.23. The van der Waals surface area contributed by atoms with Crippen LogP contribution in [0.4, 0.5) is 5.69 Å². The van der Waals surface area contributed by atoms with Crippen LogP contribution in [0.2, 0.25) is 0 Å². The van der Waals surface area contributed by atoms with Gasteiger partial charge in [0.25, 0.3) is 5.69 Å². The fourth-order valence-electron chi connectivity index (χ4n) is 1.47. The van der Waals surface area contributed by atoms with Crippen LogP contribution in [0.5, 0.6) is 5.75 Å². The predicted molar refractivity (Wildman–Crippen MR) is 61.6 cm³/mol. The van der Waals surface area contributed by atoms with Gasteiger partial charge in [-0.1, -0.05) is 0 Å². The van der Waals surface area contributed by atoms with Gasteiger partial charge in [-0.25, -0.2) is 0 Å². The molecule has 16 heavy (non-hydrogen) atoms. The molecule has 0 bridgehead atoms. The van der Waals surface area contributed by atoms with E-state index < -0.39 is 4.92 Å². The number of hydrogen-bond acceptors (Lipinski definition) is 4. The molecular weight excluding hydrogens is 208 g/mol. The molecule has 5 heteroatoms. The molecular formula is C11H16N2O3. The minimum Gasteiger partial charge on any atom is -0.508 e. The summed E-state index contributed by atoms with van der Waals surface area (Å²) < 4.78 is 0. The standard InChI is InChI=1S/C11H16N2O3/c1-12(2)7-3-4-9-8-10(13(15)16)5-6-11(9)14/h5-6,8,14H,3-4,7H2,1-2H3. The van der Waals surface area contributed by atoms with Gasteiger partial charge < -0.3 is 10.0 Å². The average Bonchev–Trinajstić information content (AvgIpc) is 2.20. The Bertz CT molecular complexity index is 377. The Morgan fingerprint density at radius 2 is 2.12 bits per heavy atom. The van der Waals surface area contributed by atoms with E-state index in [0.717, 1.165) is 13.0 Å². The molecule has 0 heterocycles. The summed E-state index contributed by atoms with van der Waals surface area (Å²) in [6.07, 6.45) is 1.51. The first-order valence-corrected chi connectivity index (χ1v) is 5.11. The van der Waals surface area contributed by atoms with Gasteiger partial charge >= 0.3 is 0 Å². The van der Waals surface area contributed by atoms with E-state index in [-0.39, 0.29) is 11.4 Å². The molecule has 0 radical (unpaired) electrons. The highest BCUT2D eigenvalue weighted by molar-refractivity contribution is 5.43. The second kappa shape index (κ2) is 5.46. The summed E-state index contributed by atoms with van der Waals surface area (Å²) in [6, 6.07) is 4.12. The Morgan fingerprint density at radius 1 is 1.44 bits per heavy atom. The summed E-state index contributed by atoms with van der Waals surface area (Å²) in [5, 5.41) is 20.1. The lowest BCUT2D eigenvalue weighted by atomic mass is 10.1. The molecule has 1 aromatic rings. The van der Waals surface area contributed by atoms with E-state index in [1.807, 2.05) is 19.0 Å². The normalized spacial score (nSPS) is 10.7. The molecule has 0 atom stereocenters. The summed E-state index contributed by atoms with van der Waals surface area (Å²) >= 11 is 0. The molecule has 1 rings (SSSR count). The topological polar surface area (TPSA) is 66.6 Å². The van der Waals surface area contributed by atoms with E-state index in [1.165, 1.54) is 18.2 Å². The van der Waals surface area contributed by atoms with Crippen LogP contribution in [0.15, 0.2) is 18.2 Å². The van der Waals surface area contributed by atoms with E-state index >= 15 is 0 Å². The molecule has 0 spiro atoms. The maximum Gasteiger partial charge on any atom is 0.269 e. The molecule has 0 amide bonds. The van der Waals surface area contributed by atoms with E-state index in [1.54, 1.807) is 0 Å². The van der Waals surface area contributed by atoms with Crippen molar-refractivity contribution >= 4 is 5.69 Å². The summed E-state index contributed by atoms with van der Waals surface area (Å²) in [4.78, 5) is 12.1. The zero-order chi connectivity index (χ0) is 12.1. The van der Waals surface area contributed by atoms with Crippen LogP contribution in [0.3, 0.4) is 0 Å². The van der Waals surface area contributed by atoms with E-state index in [4.69, 9.17) is 0 Å². The van der Waals surface area contributed by atoms with Crippen LogP contribution >= 0.6 is 0 Å². The fraction of sp³-hybridized carbons (Fsp3) is 0.455. The molecule has 0 aliphatic heterocycles. The van der Waals surface area contributed by atoms with E-state index in [2.05, 4.69) is 0 Å². The zero-order valence-corrected chi connectivity index (χ0v) is 9.51. The number of aromatic hydroxyl groups is 1. The first kappa shape index (κ1) is 12.4. The molecule has 1 N–H and O–H groups in total. The van der Waals surface area contributed by atoms with Crippen molar-refractivity contribution in [3.05, 3.63) is 33.9 Å². The van der Waals surface area contributed by atoms with Crippen LogP contribution < -0.4 is 0 Å². The third kappa shape index (κ3) is 3.51. The number of nitro groups is 1. The van der Waals surface area contributed by atoms with Crippen LogP contribution in [0.1, 0.15) is 12.0 Å². The lowest BCUT2D eigenvalue weighted by Crippen LogP contribution is -2.13. The highest BCUT2D eigenvalue weighted by atomic mass is 16.6. The van der Waals surface area contributed by atoms with E-state index in [0.29, 0.717) is 12.0 Å². The maximum absolute atomic E-state index is 10.6. The fourth-order valence-corrected chi connectivity index (χ4v) is 1.47. The molecule has 0 aromatic heterocycles. The summed E-state index contributed by atoms with van der Waals surface area (Å²) in [7, 11) is 3.93. The van der Waals surface area contributed by atoms with Gasteiger partial charge in [0.2, 0.25) is 0 Å². The first-order valence-electron chi connectivity index (χ1n) is 5.11. The molecule has 1 aromatic carbocycles. The van der Waals surface area contributed by atoms with Gasteiger partial charge in [-0.3, -0.25) is 10.1 Å². The molecule has 0 saturated heterocycles. The highest BCUT2D eigenvalue weighted by Gasteiger charge is 2.09. The second-order valence-corrected chi connectivity index (χ2v) is 3.98. The number of hydrogen-bond donors (Lipinski definition) is 1. The quantitative estimate of drug-likeness (QED) is 0.611. The first-order chi connectivity index (χ1) is 7.50. The van der Waals surface area contributed by atoms with Crippen molar-refractivity contribution in [3.8, 4) is 5.75 Å². The molecule has 5 nitrogen and oxygen atoms in total. The molecule has 0 aliphatic rings. The number of benzene rings is 1. The Kier molecular flexibility index (Phi) is 4.25. The number of nitrogens with zero attached hydrogens (tertiary/aromatic N) is 2. The number of aryl methyl sites for hydroxylation is 1. The molecule has 0 fully saturated rings. The minimum absolute atomic E-state index is 0.0256. The lowest BCUT2D eigenvalue weighted by Gasteiger charge is -2.09. The summed E-state index contributed by atoms with van der Waals surface area (Å²) in [5.41, 5.74) is 0.661. The van der Waals surface area contributed by atoms with Crippen LogP contribution in [-0.4, -0.2) is 35.6 Å². The van der Waals surface area contributed by atoms with E-state index in [9.17, 15) is 15.2 Å². The van der Waals surface area contributed by atoms with Gasteiger partial charge in [0.05, 0.1) is 4.92 Å². The zero-order valence-electron chi connectivity index (χ0n) is 9.51. The van der Waals surface area contributed by atoms with Crippen molar-refractivity contribution in [1.29, 1.82) is 0 Å². The van der Waals surface area contributed by atoms with Gasteiger partial charge in [-0.2, -0.15) is 0 Å². The van der Waals surface area contributed by atoms with Gasteiger partial charge in [0, 0.05) is 17.7 Å². The van der Waals surface area contributed by atoms with Crippen LogP contribution in [-0.2, 0) is 6.42 Å². The molecule has 0 unspecified atom stereocenters. The average molecular weight is 224 g/mol. The Hall–Kier alpha value is -1.62. The van der Waals surface area contributed by atoms with Crippen molar-refractivity contribution < 1.29 is 10.0 Å². The molecule has 0 saturated carbocycles. The van der Waals surface area contributed by atoms with Crippen molar-refractivity contribution in [2.45, 2.75) is 12.8 Å². The number of phenols is 1. The molecule has 0 aliphatic carbocycles. The summed E-state index contributed by atoms with van der Waals surface area (Å²) in [6.45, 7) is 0.891. The summed E-state index contributed by atoms with van der Waals surface area (Å²) in [5.74, 6) is 0.129. The van der Waals surface area contributed by atoms with Crippen LogP contribution in [0, 0.1) is 10.1 Å². The third-order valence-electron chi connectivity index (χ3n) is 2.33. The minimum atomic E-state index is -0.450. The van der Waals surface area contributed by atoms with Gasteiger partial charge in [-0.05, 0) is 39.5 Å². The predicted octanol–water partition coefficient (Wildman–Crippen LogP) is 1.79. The smallest absolute Gasteiger partial charge is 0.269 e. The lowest BCUT2D eigenvalue weighted by molar-refractivity contribution is -0.384. The van der Waals surface area contributed by atoms with Gasteiger partial charge in [-0.15, -0.1) is 0 Å². The number of rotatable bonds is 5.